The molecule has 0 saturated heterocycles. The molecule has 0 radical (unpaired) electrons. The summed E-state index contributed by atoms with van der Waals surface area (Å²) in [7, 11) is 1.58. The standard InChI is InChI=1S/C19H21N5O3/c1-12(2)11-27-17-10-15(26-3)8-9-16(17)19(25)20-14-6-4-13(5-7-14)18-21-23-24-22-18/h4-10,12H,11H2,1-3H3,(H,20,25)(H,21,22,23,24). The third kappa shape index (κ3) is 4.60. The number of H-pyrrole nitrogens is 1. The number of rotatable bonds is 7. The van der Waals surface area contributed by atoms with Crippen LogP contribution in [0.25, 0.3) is 11.4 Å². The first-order chi connectivity index (χ1) is 13.1. The Morgan fingerprint density at radius 2 is 1.96 bits per heavy atom. The van der Waals surface area contributed by atoms with Gasteiger partial charge in [-0.2, -0.15) is 5.21 Å². The van der Waals surface area contributed by atoms with E-state index in [1.165, 1.54) is 0 Å². The molecule has 2 aromatic carbocycles. The average Bonchev–Trinajstić information content (AvgIpc) is 3.21. The van der Waals surface area contributed by atoms with Gasteiger partial charge in [0, 0.05) is 17.3 Å². The van der Waals surface area contributed by atoms with Crippen LogP contribution in [0.15, 0.2) is 42.5 Å². The Morgan fingerprint density at radius 3 is 2.59 bits per heavy atom. The molecule has 0 aliphatic carbocycles. The van der Waals surface area contributed by atoms with Gasteiger partial charge in [-0.25, -0.2) is 0 Å². The molecule has 3 aromatic rings. The number of hydrogen-bond donors (Lipinski definition) is 2. The van der Waals surface area contributed by atoms with Crippen molar-refractivity contribution in [1.29, 1.82) is 0 Å². The van der Waals surface area contributed by atoms with E-state index in [9.17, 15) is 4.79 Å². The van der Waals surface area contributed by atoms with Crippen molar-refractivity contribution in [3.05, 3.63) is 48.0 Å². The highest BCUT2D eigenvalue weighted by Gasteiger charge is 2.15. The summed E-state index contributed by atoms with van der Waals surface area (Å²) in [5.74, 6) is 1.69. The number of ether oxygens (including phenoxy) is 2. The molecule has 3 rings (SSSR count). The molecular weight excluding hydrogens is 346 g/mol. The topological polar surface area (TPSA) is 102 Å². The molecule has 140 valence electrons. The smallest absolute Gasteiger partial charge is 0.259 e. The molecule has 0 atom stereocenters. The highest BCUT2D eigenvalue weighted by atomic mass is 16.5. The number of benzene rings is 2. The molecule has 2 N–H and O–H groups in total. The van der Waals surface area contributed by atoms with Gasteiger partial charge in [0.1, 0.15) is 11.5 Å². The molecule has 0 aliphatic heterocycles. The summed E-state index contributed by atoms with van der Waals surface area (Å²) in [6.07, 6.45) is 0. The summed E-state index contributed by atoms with van der Waals surface area (Å²) < 4.78 is 11.0. The van der Waals surface area contributed by atoms with Crippen molar-refractivity contribution < 1.29 is 14.3 Å². The summed E-state index contributed by atoms with van der Waals surface area (Å²) >= 11 is 0. The lowest BCUT2D eigenvalue weighted by atomic mass is 10.1. The summed E-state index contributed by atoms with van der Waals surface area (Å²) in [5, 5.41) is 16.7. The third-order valence-electron chi connectivity index (χ3n) is 3.75. The van der Waals surface area contributed by atoms with Crippen LogP contribution >= 0.6 is 0 Å². The predicted molar refractivity (Wildman–Crippen MR) is 101 cm³/mol. The number of carbonyl (C=O) groups is 1. The zero-order valence-corrected chi connectivity index (χ0v) is 15.4. The molecule has 0 saturated carbocycles. The number of aromatic nitrogens is 4. The van der Waals surface area contributed by atoms with Crippen LogP contribution in [0.1, 0.15) is 24.2 Å². The Hall–Kier alpha value is -3.42. The summed E-state index contributed by atoms with van der Waals surface area (Å²) in [6.45, 7) is 4.60. The molecule has 27 heavy (non-hydrogen) atoms. The fourth-order valence-corrected chi connectivity index (χ4v) is 2.38. The van der Waals surface area contributed by atoms with Gasteiger partial charge >= 0.3 is 0 Å². The maximum Gasteiger partial charge on any atom is 0.259 e. The van der Waals surface area contributed by atoms with E-state index in [0.717, 1.165) is 5.56 Å². The minimum absolute atomic E-state index is 0.260. The summed E-state index contributed by atoms with van der Waals surface area (Å²) in [5.41, 5.74) is 1.89. The van der Waals surface area contributed by atoms with E-state index < -0.39 is 0 Å². The fourth-order valence-electron chi connectivity index (χ4n) is 2.38. The van der Waals surface area contributed by atoms with Crippen LogP contribution in [0, 0.1) is 5.92 Å². The monoisotopic (exact) mass is 367 g/mol. The lowest BCUT2D eigenvalue weighted by Gasteiger charge is -2.14. The van der Waals surface area contributed by atoms with Gasteiger partial charge in [0.05, 0.1) is 19.3 Å². The van der Waals surface area contributed by atoms with Crippen molar-refractivity contribution in [2.24, 2.45) is 5.92 Å². The first-order valence-corrected chi connectivity index (χ1v) is 8.53. The Bertz CT molecular complexity index is 892. The number of nitrogens with zero attached hydrogens (tertiary/aromatic N) is 3. The molecule has 0 bridgehead atoms. The van der Waals surface area contributed by atoms with E-state index in [4.69, 9.17) is 9.47 Å². The first kappa shape index (κ1) is 18.4. The highest BCUT2D eigenvalue weighted by molar-refractivity contribution is 6.06. The summed E-state index contributed by atoms with van der Waals surface area (Å²) in [4.78, 5) is 12.7. The molecule has 8 heteroatoms. The number of tetrazole rings is 1. The molecular formula is C19H21N5O3. The second-order valence-corrected chi connectivity index (χ2v) is 6.33. The van der Waals surface area contributed by atoms with Crippen molar-refractivity contribution in [3.8, 4) is 22.9 Å². The molecule has 0 unspecified atom stereocenters. The van der Waals surface area contributed by atoms with E-state index in [-0.39, 0.29) is 5.91 Å². The van der Waals surface area contributed by atoms with Gasteiger partial charge in [-0.1, -0.05) is 13.8 Å². The van der Waals surface area contributed by atoms with Crippen molar-refractivity contribution in [3.63, 3.8) is 0 Å². The lowest BCUT2D eigenvalue weighted by molar-refractivity contribution is 0.102. The van der Waals surface area contributed by atoms with Gasteiger partial charge in [-0.3, -0.25) is 4.79 Å². The number of nitrogens with one attached hydrogen (secondary N) is 2. The largest absolute Gasteiger partial charge is 0.497 e. The van der Waals surface area contributed by atoms with Crippen LogP contribution in [0.3, 0.4) is 0 Å². The van der Waals surface area contributed by atoms with E-state index in [2.05, 4.69) is 25.9 Å². The molecule has 1 heterocycles. The van der Waals surface area contributed by atoms with Gasteiger partial charge in [0.15, 0.2) is 0 Å². The van der Waals surface area contributed by atoms with Crippen LogP contribution in [-0.4, -0.2) is 40.2 Å². The lowest BCUT2D eigenvalue weighted by Crippen LogP contribution is -2.15. The average molecular weight is 367 g/mol. The fraction of sp³-hybridized carbons (Fsp3) is 0.263. The highest BCUT2D eigenvalue weighted by Crippen LogP contribution is 2.26. The SMILES string of the molecule is COc1ccc(C(=O)Nc2ccc(-c3nn[nH]n3)cc2)c(OCC(C)C)c1. The Morgan fingerprint density at radius 1 is 1.19 bits per heavy atom. The van der Waals surface area contributed by atoms with E-state index >= 15 is 0 Å². The Labute approximate surface area is 156 Å². The second kappa shape index (κ2) is 8.31. The maximum atomic E-state index is 12.7. The normalized spacial score (nSPS) is 10.7. The van der Waals surface area contributed by atoms with Crippen LogP contribution in [0.2, 0.25) is 0 Å². The number of amides is 1. The van der Waals surface area contributed by atoms with Crippen LogP contribution in [0.4, 0.5) is 5.69 Å². The van der Waals surface area contributed by atoms with Crippen LogP contribution in [-0.2, 0) is 0 Å². The van der Waals surface area contributed by atoms with Crippen molar-refractivity contribution >= 4 is 11.6 Å². The quantitative estimate of drug-likeness (QED) is 0.665. The number of anilines is 1. The molecule has 0 spiro atoms. The number of hydrogen-bond acceptors (Lipinski definition) is 6. The molecule has 8 nitrogen and oxygen atoms in total. The van der Waals surface area contributed by atoms with Gasteiger partial charge < -0.3 is 14.8 Å². The molecule has 0 fully saturated rings. The number of carbonyl (C=O) groups excluding carboxylic acids is 1. The van der Waals surface area contributed by atoms with Gasteiger partial charge in [-0.15, -0.1) is 10.2 Å². The van der Waals surface area contributed by atoms with E-state index in [1.54, 1.807) is 37.4 Å². The molecule has 1 aromatic heterocycles. The Kier molecular flexibility index (Phi) is 5.65. The van der Waals surface area contributed by atoms with Crippen LogP contribution in [0.5, 0.6) is 11.5 Å². The minimum atomic E-state index is -0.260. The minimum Gasteiger partial charge on any atom is -0.497 e. The number of methoxy groups -OCH3 is 1. The zero-order chi connectivity index (χ0) is 19.2. The third-order valence-corrected chi connectivity index (χ3v) is 3.75. The zero-order valence-electron chi connectivity index (χ0n) is 15.4. The van der Waals surface area contributed by atoms with Crippen molar-refractivity contribution in [1.82, 2.24) is 20.6 Å². The van der Waals surface area contributed by atoms with Gasteiger partial charge in [0.25, 0.3) is 5.91 Å². The van der Waals surface area contributed by atoms with Gasteiger partial charge in [0.2, 0.25) is 5.82 Å². The van der Waals surface area contributed by atoms with E-state index in [0.29, 0.717) is 41.1 Å². The second-order valence-electron chi connectivity index (χ2n) is 6.33. The Balaban J connectivity index is 1.77. The van der Waals surface area contributed by atoms with Crippen molar-refractivity contribution in [2.75, 3.05) is 19.0 Å². The van der Waals surface area contributed by atoms with Crippen LogP contribution < -0.4 is 14.8 Å². The molecule has 1 amide bonds. The van der Waals surface area contributed by atoms with Gasteiger partial charge in [-0.05, 0) is 47.5 Å². The predicted octanol–water partition coefficient (Wildman–Crippen LogP) is 3.16. The number of aromatic amines is 1. The first-order valence-electron chi connectivity index (χ1n) is 8.53. The maximum absolute atomic E-state index is 12.7. The molecule has 0 aliphatic rings. The van der Waals surface area contributed by atoms with Crippen molar-refractivity contribution in [2.45, 2.75) is 13.8 Å². The van der Waals surface area contributed by atoms with E-state index in [1.807, 2.05) is 26.0 Å². The summed E-state index contributed by atoms with van der Waals surface area (Å²) in [6, 6.07) is 12.3.